The number of pyridine rings is 1. The molecule has 0 bridgehead atoms. The van der Waals surface area contributed by atoms with E-state index in [4.69, 9.17) is 10.1 Å². The van der Waals surface area contributed by atoms with Crippen LogP contribution in [0.5, 0.6) is 0 Å². The van der Waals surface area contributed by atoms with Crippen molar-refractivity contribution < 1.29 is 39.5 Å². The molecule has 5 rings (SSSR count). The Kier molecular flexibility index (Phi) is 8.70. The Morgan fingerprint density at radius 2 is 1.64 bits per heavy atom. The van der Waals surface area contributed by atoms with Crippen LogP contribution < -0.4 is 0 Å². The zero-order valence-electron chi connectivity index (χ0n) is 19.9. The number of aliphatic hydroxyl groups excluding tert-OH is 1. The zero-order valence-corrected chi connectivity index (χ0v) is 22.3. The number of aliphatic hydroxyl groups is 1. The van der Waals surface area contributed by atoms with E-state index in [1.807, 2.05) is 18.2 Å². The minimum Gasteiger partial charge on any atom is -0.509 e. The van der Waals surface area contributed by atoms with Crippen LogP contribution in [0.15, 0.2) is 96.8 Å². The summed E-state index contributed by atoms with van der Waals surface area (Å²) in [6, 6.07) is 28.5. The van der Waals surface area contributed by atoms with Gasteiger partial charge in [0.05, 0.1) is 5.52 Å². The summed E-state index contributed by atoms with van der Waals surface area (Å²) < 4.78 is 4.56. The normalized spacial score (nSPS) is 11.0. The standard InChI is InChI=1S/C21H12N.C9H12O4.Ir/c1-2-7-14(8-3-1)20-13-18-16-10-5-4-9-15(16)17-11-6-12-19(22-20)21(17)18;1-6(2)9(12)13-5-8(11)4-7(3)10;/h1-7,9-13H;4,11H,1,5H2,2-3H3;/q-1;;. The van der Waals surface area contributed by atoms with E-state index < -0.39 is 5.97 Å². The van der Waals surface area contributed by atoms with Crippen molar-refractivity contribution in [2.24, 2.45) is 0 Å². The Morgan fingerprint density at radius 1 is 0.972 bits per heavy atom. The molecule has 1 radical (unpaired) electrons. The second-order valence-corrected chi connectivity index (χ2v) is 8.18. The maximum Gasteiger partial charge on any atom is 0.333 e. The van der Waals surface area contributed by atoms with Crippen LogP contribution in [0.4, 0.5) is 0 Å². The number of nitrogens with zero attached hydrogens (tertiary/aromatic N) is 1. The number of rotatable bonds is 5. The van der Waals surface area contributed by atoms with E-state index in [2.05, 4.69) is 72.0 Å². The fourth-order valence-corrected chi connectivity index (χ4v) is 3.91. The third-order valence-corrected chi connectivity index (χ3v) is 5.40. The molecule has 3 aromatic carbocycles. The number of allylic oxidation sites excluding steroid dienone is 1. The summed E-state index contributed by atoms with van der Waals surface area (Å²) in [6.45, 7) is 5.83. The van der Waals surface area contributed by atoms with Crippen LogP contribution in [0, 0.1) is 6.07 Å². The molecule has 0 saturated heterocycles. The Balaban J connectivity index is 0.000000226. The van der Waals surface area contributed by atoms with Gasteiger partial charge in [-0.2, -0.15) is 0 Å². The fraction of sp³-hybridized carbons (Fsp3) is 0.100. The van der Waals surface area contributed by atoms with Crippen molar-refractivity contribution in [2.45, 2.75) is 13.8 Å². The van der Waals surface area contributed by atoms with Gasteiger partial charge in [0.2, 0.25) is 0 Å². The van der Waals surface area contributed by atoms with Gasteiger partial charge < -0.3 is 9.84 Å². The Morgan fingerprint density at radius 3 is 2.28 bits per heavy atom. The summed E-state index contributed by atoms with van der Waals surface area (Å²) in [7, 11) is 0. The van der Waals surface area contributed by atoms with Gasteiger partial charge in [0, 0.05) is 37.1 Å². The van der Waals surface area contributed by atoms with E-state index in [9.17, 15) is 9.59 Å². The predicted octanol–water partition coefficient (Wildman–Crippen LogP) is 6.48. The van der Waals surface area contributed by atoms with E-state index in [1.165, 1.54) is 41.5 Å². The molecule has 0 saturated carbocycles. The van der Waals surface area contributed by atoms with Crippen LogP contribution in [0.25, 0.3) is 44.4 Å². The average molecular weight is 655 g/mol. The molecular formula is C30H24IrNO4-. The number of fused-ring (bicyclic) bond motifs is 3. The van der Waals surface area contributed by atoms with Crippen LogP contribution in [-0.2, 0) is 34.4 Å². The van der Waals surface area contributed by atoms with E-state index in [-0.39, 0.29) is 43.8 Å². The van der Waals surface area contributed by atoms with Crippen molar-refractivity contribution in [3.8, 4) is 33.5 Å². The second kappa shape index (κ2) is 11.7. The quantitative estimate of drug-likeness (QED) is 0.102. The molecule has 5 nitrogen and oxygen atoms in total. The predicted molar refractivity (Wildman–Crippen MR) is 138 cm³/mol. The molecule has 0 fully saturated rings. The Labute approximate surface area is 223 Å². The largest absolute Gasteiger partial charge is 0.509 e. The van der Waals surface area contributed by atoms with Gasteiger partial charge in [0.25, 0.3) is 0 Å². The summed E-state index contributed by atoms with van der Waals surface area (Å²) in [5.41, 5.74) is 8.50. The molecule has 6 heteroatoms. The minimum absolute atomic E-state index is 0. The van der Waals surface area contributed by atoms with Crippen molar-refractivity contribution in [3.63, 3.8) is 0 Å². The van der Waals surface area contributed by atoms with Gasteiger partial charge >= 0.3 is 5.97 Å². The van der Waals surface area contributed by atoms with Crippen LogP contribution in [0.2, 0.25) is 0 Å². The number of carbonyl (C=O) groups excluding carboxylic acids is 2. The summed E-state index contributed by atoms with van der Waals surface area (Å²) in [6.07, 6.45) is 0.992. The Bertz CT molecular complexity index is 1480. The summed E-state index contributed by atoms with van der Waals surface area (Å²) in [4.78, 5) is 26.1. The fourth-order valence-electron chi connectivity index (χ4n) is 3.91. The van der Waals surface area contributed by atoms with Crippen molar-refractivity contribution in [3.05, 3.63) is 103 Å². The van der Waals surface area contributed by atoms with Gasteiger partial charge in [-0.3, -0.25) is 9.78 Å². The van der Waals surface area contributed by atoms with Crippen LogP contribution in [-0.4, -0.2) is 28.4 Å². The monoisotopic (exact) mass is 655 g/mol. The van der Waals surface area contributed by atoms with Gasteiger partial charge in [-0.05, 0) is 47.9 Å². The molecule has 0 amide bonds. The van der Waals surface area contributed by atoms with Crippen LogP contribution in [0.1, 0.15) is 13.8 Å². The minimum atomic E-state index is -0.594. The second-order valence-electron chi connectivity index (χ2n) is 8.18. The number of esters is 1. The first kappa shape index (κ1) is 26.7. The van der Waals surface area contributed by atoms with Crippen molar-refractivity contribution in [1.82, 2.24) is 4.98 Å². The number of aromatic nitrogens is 1. The molecule has 1 aliphatic rings. The van der Waals surface area contributed by atoms with Crippen molar-refractivity contribution in [1.29, 1.82) is 0 Å². The Hall–Kier alpha value is -3.86. The summed E-state index contributed by atoms with van der Waals surface area (Å²) >= 11 is 0. The molecule has 36 heavy (non-hydrogen) atoms. The number of ether oxygens (including phenoxy) is 1. The molecule has 0 unspecified atom stereocenters. The van der Waals surface area contributed by atoms with Crippen LogP contribution in [0.3, 0.4) is 0 Å². The van der Waals surface area contributed by atoms with E-state index in [0.29, 0.717) is 0 Å². The molecule has 0 aliphatic heterocycles. The zero-order chi connectivity index (χ0) is 24.9. The number of hydrogen-bond acceptors (Lipinski definition) is 5. The van der Waals surface area contributed by atoms with Gasteiger partial charge in [-0.25, -0.2) is 4.79 Å². The van der Waals surface area contributed by atoms with Crippen molar-refractivity contribution >= 4 is 22.7 Å². The smallest absolute Gasteiger partial charge is 0.333 e. The third kappa shape index (κ3) is 5.85. The molecule has 0 atom stereocenters. The maximum absolute atomic E-state index is 10.8. The van der Waals surface area contributed by atoms with Crippen molar-refractivity contribution in [2.75, 3.05) is 6.61 Å². The molecule has 0 spiro atoms. The van der Waals surface area contributed by atoms with Gasteiger partial charge in [-0.1, -0.05) is 49.0 Å². The maximum atomic E-state index is 10.8. The van der Waals surface area contributed by atoms with Crippen LogP contribution >= 0.6 is 0 Å². The number of ketones is 1. The van der Waals surface area contributed by atoms with Gasteiger partial charge in [-0.15, -0.1) is 35.9 Å². The van der Waals surface area contributed by atoms with Gasteiger partial charge in [0.1, 0.15) is 12.4 Å². The summed E-state index contributed by atoms with van der Waals surface area (Å²) in [5.74, 6) is -1.17. The van der Waals surface area contributed by atoms with E-state index in [1.54, 1.807) is 0 Å². The van der Waals surface area contributed by atoms with Gasteiger partial charge in [0.15, 0.2) is 5.78 Å². The summed E-state index contributed by atoms with van der Waals surface area (Å²) in [5, 5.41) is 10.3. The van der Waals surface area contributed by atoms with E-state index in [0.717, 1.165) is 22.9 Å². The number of carbonyl (C=O) groups is 2. The molecule has 1 aromatic heterocycles. The SMILES string of the molecule is C=C(C)C(=O)OCC(O)=CC(C)=O.[Ir].[c-]1ccccc1-c1cc2c3c(cccc3n1)-c1ccccc1-2. The first-order chi connectivity index (χ1) is 16.8. The average Bonchev–Trinajstić information content (AvgIpc) is 3.18. The molecular weight excluding hydrogens is 631 g/mol. The molecule has 1 aliphatic carbocycles. The topological polar surface area (TPSA) is 76.5 Å². The molecule has 1 N–H and O–H groups in total. The van der Waals surface area contributed by atoms with E-state index >= 15 is 0 Å². The first-order valence-electron chi connectivity index (χ1n) is 11.1. The molecule has 1 heterocycles. The number of benzene rings is 3. The molecule has 183 valence electrons. The number of hydrogen-bond donors (Lipinski definition) is 1. The molecule has 4 aromatic rings. The first-order valence-corrected chi connectivity index (χ1v) is 11.1. The third-order valence-electron chi connectivity index (χ3n) is 5.40.